The van der Waals surface area contributed by atoms with Crippen LogP contribution in [-0.2, 0) is 16.0 Å². The minimum absolute atomic E-state index is 0.188. The number of aromatic nitrogens is 4. The van der Waals surface area contributed by atoms with E-state index in [-0.39, 0.29) is 5.82 Å². The maximum absolute atomic E-state index is 11.8. The number of anilines is 1. The van der Waals surface area contributed by atoms with E-state index in [0.717, 1.165) is 15.5 Å². The topological polar surface area (TPSA) is 114 Å². The molecule has 11 heteroatoms. The van der Waals surface area contributed by atoms with Crippen molar-refractivity contribution in [2.24, 2.45) is 0 Å². The normalized spacial score (nSPS) is 10.9. The van der Waals surface area contributed by atoms with E-state index < -0.39 is 11.8 Å². The van der Waals surface area contributed by atoms with Crippen LogP contribution < -0.4 is 10.6 Å². The first-order valence-electron chi connectivity index (χ1n) is 7.57. The van der Waals surface area contributed by atoms with Gasteiger partial charge in [0.15, 0.2) is 11.6 Å². The number of hydrogen-bond donors (Lipinski definition) is 2. The molecule has 0 aliphatic rings. The zero-order valence-corrected chi connectivity index (χ0v) is 14.8. The molecule has 2 amide bonds. The van der Waals surface area contributed by atoms with Crippen LogP contribution in [0.4, 0.5) is 5.82 Å². The van der Waals surface area contributed by atoms with Crippen LogP contribution in [0, 0.1) is 0 Å². The Morgan fingerprint density at radius 1 is 1.23 bits per heavy atom. The summed E-state index contributed by atoms with van der Waals surface area (Å²) in [5.41, 5.74) is 0.914. The summed E-state index contributed by atoms with van der Waals surface area (Å²) < 4.78 is 6.35. The number of carbonyl (C=O) groups excluding carboxylic acids is 2. The number of hydrogen-bond acceptors (Lipinski definition) is 8. The van der Waals surface area contributed by atoms with Gasteiger partial charge in [-0.2, -0.15) is 4.98 Å². The number of rotatable bonds is 5. The highest BCUT2D eigenvalue weighted by atomic mass is 32.1. The quantitative estimate of drug-likeness (QED) is 0.504. The van der Waals surface area contributed by atoms with E-state index in [1.165, 1.54) is 23.7 Å². The number of thiophene rings is 1. The molecule has 0 atom stereocenters. The number of thiazole rings is 1. The van der Waals surface area contributed by atoms with Gasteiger partial charge in [0, 0.05) is 24.4 Å². The van der Waals surface area contributed by atoms with Crippen LogP contribution in [0.5, 0.6) is 0 Å². The van der Waals surface area contributed by atoms with Crippen molar-refractivity contribution in [1.29, 1.82) is 0 Å². The molecule has 4 rings (SSSR count). The van der Waals surface area contributed by atoms with Crippen LogP contribution in [0.25, 0.3) is 15.7 Å². The molecule has 4 aromatic heterocycles. The molecule has 4 heterocycles. The summed E-state index contributed by atoms with van der Waals surface area (Å²) in [5, 5.41) is 16.8. The first kappa shape index (κ1) is 16.4. The van der Waals surface area contributed by atoms with E-state index in [9.17, 15) is 9.59 Å². The number of nitrogens with one attached hydrogen (secondary N) is 2. The van der Waals surface area contributed by atoms with Gasteiger partial charge in [-0.25, -0.2) is 4.52 Å². The Kier molecular flexibility index (Phi) is 4.46. The van der Waals surface area contributed by atoms with Crippen LogP contribution in [0.2, 0.25) is 0 Å². The lowest BCUT2D eigenvalue weighted by Gasteiger charge is -2.04. The van der Waals surface area contributed by atoms with Gasteiger partial charge < -0.3 is 9.84 Å². The Bertz CT molecular complexity index is 1040. The average molecular weight is 388 g/mol. The van der Waals surface area contributed by atoms with Gasteiger partial charge in [0.25, 0.3) is 0 Å². The van der Waals surface area contributed by atoms with Gasteiger partial charge >= 0.3 is 11.8 Å². The molecule has 0 radical (unpaired) electrons. The van der Waals surface area contributed by atoms with Crippen LogP contribution in [0.3, 0.4) is 0 Å². The summed E-state index contributed by atoms with van der Waals surface area (Å²) in [4.78, 5) is 29.8. The molecule has 132 valence electrons. The Labute approximate surface area is 154 Å². The molecular weight excluding hydrogens is 376 g/mol. The fourth-order valence-corrected chi connectivity index (χ4v) is 3.75. The first-order chi connectivity index (χ1) is 12.7. The molecule has 0 bridgehead atoms. The van der Waals surface area contributed by atoms with E-state index in [1.807, 2.05) is 22.9 Å². The van der Waals surface area contributed by atoms with Gasteiger partial charge in [-0.15, -0.1) is 27.8 Å². The predicted molar refractivity (Wildman–Crippen MR) is 96.0 cm³/mol. The zero-order chi connectivity index (χ0) is 17.9. The minimum atomic E-state index is -0.796. The van der Waals surface area contributed by atoms with Crippen molar-refractivity contribution in [1.82, 2.24) is 25.1 Å². The zero-order valence-electron chi connectivity index (χ0n) is 13.2. The highest BCUT2D eigenvalue weighted by Gasteiger charge is 2.16. The largest absolute Gasteiger partial charge is 0.363 e. The second-order valence-corrected chi connectivity index (χ2v) is 6.96. The van der Waals surface area contributed by atoms with E-state index in [2.05, 4.69) is 30.4 Å². The molecule has 0 aromatic carbocycles. The third-order valence-electron chi connectivity index (χ3n) is 3.44. The highest BCUT2D eigenvalue weighted by Crippen LogP contribution is 2.24. The third-order valence-corrected chi connectivity index (χ3v) is 5.17. The van der Waals surface area contributed by atoms with Crippen molar-refractivity contribution in [3.05, 3.63) is 40.9 Å². The molecule has 0 fully saturated rings. The Morgan fingerprint density at radius 2 is 2.15 bits per heavy atom. The monoisotopic (exact) mass is 388 g/mol. The summed E-state index contributed by atoms with van der Waals surface area (Å²) in [7, 11) is 0. The second-order valence-electron chi connectivity index (χ2n) is 5.18. The number of carbonyl (C=O) groups is 2. The molecule has 2 N–H and O–H groups in total. The maximum atomic E-state index is 11.8. The summed E-state index contributed by atoms with van der Waals surface area (Å²) in [6.07, 6.45) is 1.83. The van der Waals surface area contributed by atoms with Crippen molar-refractivity contribution in [2.45, 2.75) is 6.42 Å². The molecular formula is C15H12N6O3S2. The van der Waals surface area contributed by atoms with Gasteiger partial charge in [0.1, 0.15) is 6.26 Å². The minimum Gasteiger partial charge on any atom is -0.363 e. The third kappa shape index (κ3) is 3.34. The molecule has 0 saturated heterocycles. The summed E-state index contributed by atoms with van der Waals surface area (Å²) >= 11 is 3.06. The van der Waals surface area contributed by atoms with Crippen LogP contribution in [0.15, 0.2) is 39.7 Å². The molecule has 0 aliphatic carbocycles. The molecule has 0 spiro atoms. The van der Waals surface area contributed by atoms with Crippen molar-refractivity contribution >= 4 is 45.3 Å². The van der Waals surface area contributed by atoms with E-state index in [1.54, 1.807) is 15.9 Å². The Morgan fingerprint density at radius 3 is 2.92 bits per heavy atom. The number of nitrogens with zero attached hydrogens (tertiary/aromatic N) is 4. The molecule has 4 aromatic rings. The van der Waals surface area contributed by atoms with Gasteiger partial charge in [0.05, 0.1) is 10.6 Å². The summed E-state index contributed by atoms with van der Waals surface area (Å²) in [5.74, 6) is -0.662. The van der Waals surface area contributed by atoms with Crippen molar-refractivity contribution in [3.8, 4) is 10.7 Å². The first-order valence-corrected chi connectivity index (χ1v) is 9.33. The lowest BCUT2D eigenvalue weighted by molar-refractivity contribution is -0.136. The molecule has 0 aliphatic heterocycles. The second kappa shape index (κ2) is 7.06. The van der Waals surface area contributed by atoms with Crippen molar-refractivity contribution in [3.63, 3.8) is 0 Å². The Hall–Kier alpha value is -3.05. The van der Waals surface area contributed by atoms with Gasteiger partial charge in [0.2, 0.25) is 4.96 Å². The number of amides is 2. The van der Waals surface area contributed by atoms with Crippen LogP contribution in [0.1, 0.15) is 5.69 Å². The van der Waals surface area contributed by atoms with Crippen molar-refractivity contribution < 1.29 is 14.1 Å². The van der Waals surface area contributed by atoms with Crippen LogP contribution >= 0.6 is 22.7 Å². The average Bonchev–Trinajstić information content (AvgIpc) is 3.40. The predicted octanol–water partition coefficient (Wildman–Crippen LogP) is 1.80. The summed E-state index contributed by atoms with van der Waals surface area (Å²) in [6, 6.07) is 5.37. The Balaban J connectivity index is 1.36. The van der Waals surface area contributed by atoms with E-state index >= 15 is 0 Å². The van der Waals surface area contributed by atoms with Crippen LogP contribution in [-0.4, -0.2) is 38.1 Å². The number of fused-ring (bicyclic) bond motifs is 1. The smallest absolute Gasteiger partial charge is 0.314 e. The molecule has 26 heavy (non-hydrogen) atoms. The molecule has 0 saturated carbocycles. The lowest BCUT2D eigenvalue weighted by Crippen LogP contribution is -2.36. The lowest BCUT2D eigenvalue weighted by atomic mass is 10.3. The fraction of sp³-hybridized carbons (Fsp3) is 0.133. The van der Waals surface area contributed by atoms with Crippen molar-refractivity contribution in [2.75, 3.05) is 11.9 Å². The van der Waals surface area contributed by atoms with E-state index in [4.69, 9.17) is 0 Å². The standard InChI is InChI=1S/C15H12N6O3S2/c22-13(14(23)17-11-4-6-24-20-11)16-5-3-9-8-26-15-18-12(19-21(9)15)10-2-1-7-25-10/h1-2,4,6-8H,3,5H2,(H,16,22)(H,17,20,23). The van der Waals surface area contributed by atoms with Gasteiger partial charge in [-0.3, -0.25) is 14.9 Å². The van der Waals surface area contributed by atoms with E-state index in [0.29, 0.717) is 18.8 Å². The maximum Gasteiger partial charge on any atom is 0.314 e. The van der Waals surface area contributed by atoms with Gasteiger partial charge in [-0.05, 0) is 11.4 Å². The summed E-state index contributed by atoms with van der Waals surface area (Å²) in [6.45, 7) is 0.297. The highest BCUT2D eigenvalue weighted by molar-refractivity contribution is 7.15. The molecule has 9 nitrogen and oxygen atoms in total. The van der Waals surface area contributed by atoms with Gasteiger partial charge in [-0.1, -0.05) is 11.2 Å². The molecule has 0 unspecified atom stereocenters. The SMILES string of the molecule is O=C(NCCc1csc2nc(-c3cccs3)nn12)C(=O)Nc1ccon1. The fourth-order valence-electron chi connectivity index (χ4n) is 2.24.